The summed E-state index contributed by atoms with van der Waals surface area (Å²) in [5, 5.41) is 3.87. The molecule has 1 unspecified atom stereocenters. The Morgan fingerprint density at radius 1 is 1.47 bits per heavy atom. The smallest absolute Gasteiger partial charge is 0.243 e. The first kappa shape index (κ1) is 12.1. The summed E-state index contributed by atoms with van der Waals surface area (Å²) in [5.41, 5.74) is 5.86. The Labute approximate surface area is 90.0 Å². The zero-order chi connectivity index (χ0) is 11.3. The van der Waals surface area contributed by atoms with Crippen molar-refractivity contribution >= 4 is 0 Å². The molecule has 0 aromatic carbocycles. The van der Waals surface area contributed by atoms with Gasteiger partial charge < -0.3 is 15.0 Å². The number of nitrogens with zero attached hydrogens (tertiary/aromatic N) is 2. The molecule has 15 heavy (non-hydrogen) atoms. The van der Waals surface area contributed by atoms with E-state index in [0.29, 0.717) is 11.7 Å². The Bertz CT molecular complexity index is 284. The van der Waals surface area contributed by atoms with Crippen molar-refractivity contribution in [1.29, 1.82) is 0 Å². The number of rotatable bonds is 6. The molecule has 1 heterocycles. The molecule has 1 aromatic heterocycles. The van der Waals surface area contributed by atoms with E-state index in [1.54, 1.807) is 7.11 Å². The molecule has 1 aromatic rings. The van der Waals surface area contributed by atoms with Gasteiger partial charge in [0.05, 0.1) is 6.04 Å². The van der Waals surface area contributed by atoms with Crippen molar-refractivity contribution in [3.05, 3.63) is 11.7 Å². The zero-order valence-electron chi connectivity index (χ0n) is 9.56. The molecule has 0 aliphatic heterocycles. The number of hydrogen-bond acceptors (Lipinski definition) is 5. The molecule has 0 aliphatic rings. The largest absolute Gasteiger partial charge is 0.373 e. The van der Waals surface area contributed by atoms with E-state index in [0.717, 1.165) is 19.3 Å². The molecule has 2 atom stereocenters. The molecule has 1 rings (SSSR count). The first-order valence-corrected chi connectivity index (χ1v) is 5.34. The highest BCUT2D eigenvalue weighted by Gasteiger charge is 2.18. The normalized spacial score (nSPS) is 15.2. The number of hydrogen-bond donors (Lipinski definition) is 1. The van der Waals surface area contributed by atoms with Crippen LogP contribution in [-0.2, 0) is 4.74 Å². The van der Waals surface area contributed by atoms with Crippen LogP contribution in [0.1, 0.15) is 57.0 Å². The van der Waals surface area contributed by atoms with Gasteiger partial charge in [-0.2, -0.15) is 4.98 Å². The molecule has 5 nitrogen and oxygen atoms in total. The van der Waals surface area contributed by atoms with E-state index in [9.17, 15) is 0 Å². The molecule has 0 spiro atoms. The van der Waals surface area contributed by atoms with Gasteiger partial charge in [-0.1, -0.05) is 25.4 Å². The van der Waals surface area contributed by atoms with Crippen LogP contribution in [0.5, 0.6) is 0 Å². The third-order valence-corrected chi connectivity index (χ3v) is 2.32. The average Bonchev–Trinajstić information content (AvgIpc) is 2.69. The molecule has 0 saturated carbocycles. The zero-order valence-corrected chi connectivity index (χ0v) is 9.56. The van der Waals surface area contributed by atoms with Gasteiger partial charge in [0, 0.05) is 7.11 Å². The SMILES string of the molecule is CCC[C@H](N)c1nc(C(CC)OC)no1. The molecule has 0 aliphatic carbocycles. The monoisotopic (exact) mass is 213 g/mol. The molecular formula is C10H19N3O2. The fourth-order valence-corrected chi connectivity index (χ4v) is 1.42. The van der Waals surface area contributed by atoms with Crippen LogP contribution in [0, 0.1) is 0 Å². The summed E-state index contributed by atoms with van der Waals surface area (Å²) in [4.78, 5) is 4.24. The summed E-state index contributed by atoms with van der Waals surface area (Å²) in [5.74, 6) is 1.09. The minimum absolute atomic E-state index is 0.101. The van der Waals surface area contributed by atoms with Crippen LogP contribution in [0.25, 0.3) is 0 Å². The van der Waals surface area contributed by atoms with E-state index in [1.807, 2.05) is 6.92 Å². The molecule has 0 bridgehead atoms. The van der Waals surface area contributed by atoms with E-state index in [-0.39, 0.29) is 12.1 Å². The van der Waals surface area contributed by atoms with Crippen LogP contribution in [0.15, 0.2) is 4.52 Å². The summed E-state index contributed by atoms with van der Waals surface area (Å²) in [6.45, 7) is 4.08. The molecule has 0 amide bonds. The average molecular weight is 213 g/mol. The number of nitrogens with two attached hydrogens (primary N) is 1. The summed E-state index contributed by atoms with van der Waals surface area (Å²) >= 11 is 0. The Morgan fingerprint density at radius 2 is 2.20 bits per heavy atom. The maximum Gasteiger partial charge on any atom is 0.243 e. The van der Waals surface area contributed by atoms with E-state index >= 15 is 0 Å². The minimum atomic E-state index is -0.161. The van der Waals surface area contributed by atoms with Gasteiger partial charge in [-0.05, 0) is 12.8 Å². The summed E-state index contributed by atoms with van der Waals surface area (Å²) in [6, 6.07) is -0.161. The highest BCUT2D eigenvalue weighted by atomic mass is 16.5. The fourth-order valence-electron chi connectivity index (χ4n) is 1.42. The van der Waals surface area contributed by atoms with Gasteiger partial charge >= 0.3 is 0 Å². The van der Waals surface area contributed by atoms with Gasteiger partial charge in [0.2, 0.25) is 11.7 Å². The van der Waals surface area contributed by atoms with E-state index in [1.165, 1.54) is 0 Å². The molecule has 0 saturated heterocycles. The fraction of sp³-hybridized carbons (Fsp3) is 0.800. The van der Waals surface area contributed by atoms with Gasteiger partial charge in [-0.3, -0.25) is 0 Å². The highest BCUT2D eigenvalue weighted by Crippen LogP contribution is 2.20. The van der Waals surface area contributed by atoms with Crippen molar-refractivity contribution in [1.82, 2.24) is 10.1 Å². The molecule has 86 valence electrons. The van der Waals surface area contributed by atoms with Crippen LogP contribution in [0.4, 0.5) is 0 Å². The Balaban J connectivity index is 2.70. The molecule has 2 N–H and O–H groups in total. The quantitative estimate of drug-likeness (QED) is 0.782. The molecule has 0 radical (unpaired) electrons. The van der Waals surface area contributed by atoms with E-state index in [2.05, 4.69) is 17.1 Å². The number of ether oxygens (including phenoxy) is 1. The molecular weight excluding hydrogens is 194 g/mol. The maximum atomic E-state index is 5.86. The second-order valence-corrected chi connectivity index (χ2v) is 3.52. The summed E-state index contributed by atoms with van der Waals surface area (Å²) in [6.07, 6.45) is 2.57. The Kier molecular flexibility index (Phi) is 4.71. The number of aromatic nitrogens is 2. The predicted octanol–water partition coefficient (Wildman–Crippen LogP) is 1.97. The van der Waals surface area contributed by atoms with Crippen molar-refractivity contribution in [2.75, 3.05) is 7.11 Å². The third-order valence-electron chi connectivity index (χ3n) is 2.32. The van der Waals surface area contributed by atoms with Crippen molar-refractivity contribution in [2.24, 2.45) is 5.73 Å². The topological polar surface area (TPSA) is 74.2 Å². The van der Waals surface area contributed by atoms with Crippen LogP contribution in [0.3, 0.4) is 0 Å². The lowest BCUT2D eigenvalue weighted by molar-refractivity contribution is 0.0903. The highest BCUT2D eigenvalue weighted by molar-refractivity contribution is 4.94. The second kappa shape index (κ2) is 5.82. The van der Waals surface area contributed by atoms with Gasteiger partial charge in [-0.25, -0.2) is 0 Å². The van der Waals surface area contributed by atoms with Gasteiger partial charge in [-0.15, -0.1) is 0 Å². The minimum Gasteiger partial charge on any atom is -0.373 e. The van der Waals surface area contributed by atoms with E-state index in [4.69, 9.17) is 15.0 Å². The lowest BCUT2D eigenvalue weighted by Crippen LogP contribution is -2.10. The van der Waals surface area contributed by atoms with E-state index < -0.39 is 0 Å². The van der Waals surface area contributed by atoms with Crippen molar-refractivity contribution in [3.63, 3.8) is 0 Å². The van der Waals surface area contributed by atoms with Crippen LogP contribution in [0.2, 0.25) is 0 Å². The summed E-state index contributed by atoms with van der Waals surface area (Å²) in [7, 11) is 1.64. The van der Waals surface area contributed by atoms with Gasteiger partial charge in [0.15, 0.2) is 0 Å². The third kappa shape index (κ3) is 3.00. The standard InChI is InChI=1S/C10H19N3O2/c1-4-6-7(11)10-12-9(13-15-10)8(5-2)14-3/h7-8H,4-6,11H2,1-3H3/t7-,8?/m0/s1. The predicted molar refractivity (Wildman–Crippen MR) is 56.2 cm³/mol. The first-order valence-electron chi connectivity index (χ1n) is 5.34. The second-order valence-electron chi connectivity index (χ2n) is 3.52. The lowest BCUT2D eigenvalue weighted by Gasteiger charge is -2.06. The van der Waals surface area contributed by atoms with Crippen LogP contribution in [-0.4, -0.2) is 17.3 Å². The van der Waals surface area contributed by atoms with Crippen LogP contribution < -0.4 is 5.73 Å². The number of methoxy groups -OCH3 is 1. The molecule has 0 fully saturated rings. The lowest BCUT2D eigenvalue weighted by atomic mass is 10.2. The Hall–Kier alpha value is -0.940. The van der Waals surface area contributed by atoms with Gasteiger partial charge in [0.25, 0.3) is 0 Å². The Morgan fingerprint density at radius 3 is 2.73 bits per heavy atom. The van der Waals surface area contributed by atoms with Crippen LogP contribution >= 0.6 is 0 Å². The van der Waals surface area contributed by atoms with Crippen molar-refractivity contribution in [2.45, 2.75) is 45.3 Å². The van der Waals surface area contributed by atoms with Gasteiger partial charge in [0.1, 0.15) is 6.10 Å². The first-order chi connectivity index (χ1) is 7.22. The van der Waals surface area contributed by atoms with Crippen molar-refractivity contribution in [3.8, 4) is 0 Å². The summed E-state index contributed by atoms with van der Waals surface area (Å²) < 4.78 is 10.3. The van der Waals surface area contributed by atoms with Crippen molar-refractivity contribution < 1.29 is 9.26 Å². The molecule has 5 heteroatoms. The maximum absolute atomic E-state index is 5.86.